The van der Waals surface area contributed by atoms with Crippen LogP contribution in [0, 0.1) is 10.1 Å². The van der Waals surface area contributed by atoms with Crippen LogP contribution in [0.5, 0.6) is 11.5 Å². The summed E-state index contributed by atoms with van der Waals surface area (Å²) < 4.78 is 10.2. The minimum atomic E-state index is -0.805. The monoisotopic (exact) mass is 340 g/mol. The van der Waals surface area contributed by atoms with Crippen LogP contribution in [-0.4, -0.2) is 33.0 Å². The van der Waals surface area contributed by atoms with E-state index in [1.807, 2.05) is 18.2 Å². The molecule has 9 heteroatoms. The van der Waals surface area contributed by atoms with E-state index in [0.717, 1.165) is 6.07 Å². The van der Waals surface area contributed by atoms with E-state index in [9.17, 15) is 14.9 Å². The Morgan fingerprint density at radius 2 is 1.92 bits per heavy atom. The number of carbonyl (C=O) groups excluding carboxylic acids is 1. The minimum absolute atomic E-state index is 0.0441. The van der Waals surface area contributed by atoms with Crippen LogP contribution in [0.15, 0.2) is 54.7 Å². The first kappa shape index (κ1) is 16.1. The predicted molar refractivity (Wildman–Crippen MR) is 86.0 cm³/mol. The first-order chi connectivity index (χ1) is 12.1. The second-order valence-corrected chi connectivity index (χ2v) is 4.84. The topological polar surface area (TPSA) is 109 Å². The van der Waals surface area contributed by atoms with Crippen molar-refractivity contribution in [1.29, 1.82) is 0 Å². The maximum absolute atomic E-state index is 12.2. The second-order valence-electron chi connectivity index (χ2n) is 4.84. The van der Waals surface area contributed by atoms with Gasteiger partial charge in [-0.15, -0.1) is 5.10 Å². The Kier molecular flexibility index (Phi) is 4.38. The molecule has 0 bridgehead atoms. The van der Waals surface area contributed by atoms with Crippen molar-refractivity contribution in [2.75, 3.05) is 7.11 Å². The number of esters is 1. The Morgan fingerprint density at radius 3 is 2.60 bits per heavy atom. The average Bonchev–Trinajstić information content (AvgIpc) is 3.12. The van der Waals surface area contributed by atoms with E-state index in [4.69, 9.17) is 9.47 Å². The number of nitro benzene ring substituents is 1. The summed E-state index contributed by atoms with van der Waals surface area (Å²) in [5.41, 5.74) is 0.406. The van der Waals surface area contributed by atoms with E-state index in [0.29, 0.717) is 5.69 Å². The molecule has 0 spiro atoms. The zero-order valence-corrected chi connectivity index (χ0v) is 13.0. The van der Waals surface area contributed by atoms with Crippen molar-refractivity contribution >= 4 is 11.7 Å². The average molecular weight is 340 g/mol. The lowest BCUT2D eigenvalue weighted by Gasteiger charge is -2.07. The van der Waals surface area contributed by atoms with Gasteiger partial charge in [0.1, 0.15) is 0 Å². The van der Waals surface area contributed by atoms with Gasteiger partial charge in [-0.25, -0.2) is 4.79 Å². The molecule has 0 saturated carbocycles. The highest BCUT2D eigenvalue weighted by Gasteiger charge is 2.19. The van der Waals surface area contributed by atoms with E-state index in [2.05, 4.69) is 10.2 Å². The molecular formula is C16H12N4O5. The summed E-state index contributed by atoms with van der Waals surface area (Å²) in [5, 5.41) is 18.9. The van der Waals surface area contributed by atoms with E-state index < -0.39 is 10.9 Å². The van der Waals surface area contributed by atoms with Gasteiger partial charge in [-0.3, -0.25) is 10.1 Å². The molecule has 0 amide bonds. The van der Waals surface area contributed by atoms with Crippen molar-refractivity contribution < 1.29 is 19.2 Å². The van der Waals surface area contributed by atoms with Gasteiger partial charge in [-0.1, -0.05) is 18.2 Å². The van der Waals surface area contributed by atoms with Gasteiger partial charge in [0.25, 0.3) is 5.69 Å². The Bertz CT molecular complexity index is 923. The van der Waals surface area contributed by atoms with Crippen molar-refractivity contribution in [1.82, 2.24) is 15.0 Å². The highest BCUT2D eigenvalue weighted by Crippen LogP contribution is 2.31. The van der Waals surface area contributed by atoms with Crippen LogP contribution in [0.4, 0.5) is 5.69 Å². The summed E-state index contributed by atoms with van der Waals surface area (Å²) in [4.78, 5) is 23.8. The first-order valence-electron chi connectivity index (χ1n) is 7.11. The molecule has 0 unspecified atom stereocenters. The number of aromatic nitrogens is 3. The van der Waals surface area contributed by atoms with Crippen LogP contribution in [0.1, 0.15) is 10.5 Å². The Morgan fingerprint density at radius 1 is 1.16 bits per heavy atom. The summed E-state index contributed by atoms with van der Waals surface area (Å²) in [5.74, 6) is -0.689. The number of hydrogen-bond donors (Lipinski definition) is 0. The quantitative estimate of drug-likeness (QED) is 0.303. The van der Waals surface area contributed by atoms with Crippen molar-refractivity contribution in [2.45, 2.75) is 0 Å². The molecule has 3 aromatic rings. The largest absolute Gasteiger partial charge is 0.493 e. The summed E-state index contributed by atoms with van der Waals surface area (Å²) in [6.07, 6.45) is 1.25. The highest BCUT2D eigenvalue weighted by molar-refractivity contribution is 5.89. The molecule has 25 heavy (non-hydrogen) atoms. The molecule has 0 radical (unpaired) electrons. The smallest absolute Gasteiger partial charge is 0.366 e. The molecule has 0 atom stereocenters. The lowest BCUT2D eigenvalue weighted by Crippen LogP contribution is -2.11. The van der Waals surface area contributed by atoms with Crippen LogP contribution >= 0.6 is 0 Å². The van der Waals surface area contributed by atoms with Gasteiger partial charge in [0.05, 0.1) is 30.0 Å². The lowest BCUT2D eigenvalue weighted by atomic mass is 10.3. The van der Waals surface area contributed by atoms with Crippen LogP contribution in [-0.2, 0) is 0 Å². The van der Waals surface area contributed by atoms with Crippen LogP contribution < -0.4 is 9.47 Å². The number of hydrogen-bond acceptors (Lipinski definition) is 7. The Hall–Kier alpha value is -3.75. The van der Waals surface area contributed by atoms with Gasteiger partial charge in [0.2, 0.25) is 0 Å². The number of ether oxygens (including phenoxy) is 2. The standard InChI is InChI=1S/C16H12N4O5/c1-24-14-8-7-12(20(22)23)9-15(14)25-16(21)13-10-17-19(18-13)11-5-3-2-4-6-11/h2-10H,1H3. The van der Waals surface area contributed by atoms with E-state index >= 15 is 0 Å². The molecule has 0 N–H and O–H groups in total. The number of methoxy groups -OCH3 is 1. The third-order valence-corrected chi connectivity index (χ3v) is 3.25. The fourth-order valence-corrected chi connectivity index (χ4v) is 2.05. The molecule has 2 aromatic carbocycles. The zero-order chi connectivity index (χ0) is 17.8. The van der Waals surface area contributed by atoms with Crippen molar-refractivity contribution in [2.24, 2.45) is 0 Å². The van der Waals surface area contributed by atoms with Gasteiger partial charge in [0.15, 0.2) is 17.2 Å². The summed E-state index contributed by atoms with van der Waals surface area (Å²) in [6.45, 7) is 0. The number of nitrogens with zero attached hydrogens (tertiary/aromatic N) is 4. The minimum Gasteiger partial charge on any atom is -0.493 e. The number of benzene rings is 2. The van der Waals surface area contributed by atoms with Crippen LogP contribution in [0.3, 0.4) is 0 Å². The molecule has 3 rings (SSSR count). The molecule has 0 aliphatic carbocycles. The van der Waals surface area contributed by atoms with Gasteiger partial charge in [-0.05, 0) is 18.2 Å². The molecule has 0 saturated heterocycles. The van der Waals surface area contributed by atoms with Crippen LogP contribution in [0.2, 0.25) is 0 Å². The highest BCUT2D eigenvalue weighted by atomic mass is 16.6. The molecule has 0 fully saturated rings. The van der Waals surface area contributed by atoms with Crippen molar-refractivity contribution in [3.63, 3.8) is 0 Å². The zero-order valence-electron chi connectivity index (χ0n) is 13.0. The third kappa shape index (κ3) is 3.44. The molecule has 0 aliphatic heterocycles. The van der Waals surface area contributed by atoms with Crippen LogP contribution in [0.25, 0.3) is 5.69 Å². The van der Waals surface area contributed by atoms with Crippen molar-refractivity contribution in [3.8, 4) is 17.2 Å². The maximum Gasteiger partial charge on any atom is 0.366 e. The molecule has 126 valence electrons. The fourth-order valence-electron chi connectivity index (χ4n) is 2.05. The fraction of sp³-hybridized carbons (Fsp3) is 0.0625. The van der Waals surface area contributed by atoms with E-state index in [1.54, 1.807) is 12.1 Å². The summed E-state index contributed by atoms with van der Waals surface area (Å²) >= 11 is 0. The Balaban J connectivity index is 1.84. The summed E-state index contributed by atoms with van der Waals surface area (Å²) in [7, 11) is 1.37. The first-order valence-corrected chi connectivity index (χ1v) is 7.11. The normalized spacial score (nSPS) is 10.3. The number of para-hydroxylation sites is 1. The number of non-ortho nitro benzene ring substituents is 1. The SMILES string of the molecule is COc1ccc([N+](=O)[O-])cc1OC(=O)c1cnn(-c2ccccc2)n1. The van der Waals surface area contributed by atoms with Crippen molar-refractivity contribution in [3.05, 3.63) is 70.5 Å². The van der Waals surface area contributed by atoms with Gasteiger partial charge in [0, 0.05) is 6.07 Å². The molecule has 1 heterocycles. The molecule has 1 aromatic heterocycles. The summed E-state index contributed by atoms with van der Waals surface area (Å²) in [6, 6.07) is 12.7. The lowest BCUT2D eigenvalue weighted by molar-refractivity contribution is -0.384. The number of nitro groups is 1. The van der Waals surface area contributed by atoms with Gasteiger partial charge >= 0.3 is 5.97 Å². The van der Waals surface area contributed by atoms with Gasteiger partial charge < -0.3 is 9.47 Å². The third-order valence-electron chi connectivity index (χ3n) is 3.25. The molecular weight excluding hydrogens is 328 g/mol. The second kappa shape index (κ2) is 6.79. The van der Waals surface area contributed by atoms with E-state index in [1.165, 1.54) is 30.2 Å². The molecule has 0 aliphatic rings. The number of carbonyl (C=O) groups is 1. The Labute approximate surface area is 141 Å². The molecule has 9 nitrogen and oxygen atoms in total. The van der Waals surface area contributed by atoms with E-state index in [-0.39, 0.29) is 22.9 Å². The number of rotatable bonds is 5. The predicted octanol–water partition coefficient (Wildman–Crippen LogP) is 2.40. The van der Waals surface area contributed by atoms with Gasteiger partial charge in [-0.2, -0.15) is 9.90 Å². The maximum atomic E-state index is 12.2.